The Morgan fingerprint density at radius 2 is 1.85 bits per heavy atom. The number of rotatable bonds is 9. The number of nitrogens with zero attached hydrogens (tertiary/aromatic N) is 1. The maximum atomic E-state index is 13.4. The van der Waals surface area contributed by atoms with Gasteiger partial charge < -0.3 is 15.4 Å². The maximum absolute atomic E-state index is 13.4. The average molecular weight is 639 g/mol. The second kappa shape index (κ2) is 13.4. The van der Waals surface area contributed by atoms with E-state index in [1.807, 2.05) is 30.3 Å². The van der Waals surface area contributed by atoms with E-state index >= 15 is 0 Å². The van der Waals surface area contributed by atoms with Crippen LogP contribution in [0.25, 0.3) is 10.1 Å². The molecule has 1 saturated carbocycles. The van der Waals surface area contributed by atoms with Crippen molar-refractivity contribution in [1.29, 1.82) is 0 Å². The molecule has 8 nitrogen and oxygen atoms in total. The first-order chi connectivity index (χ1) is 19.7. The number of carbonyl (C=O) groups excluding carboxylic acids is 2. The van der Waals surface area contributed by atoms with E-state index in [-0.39, 0.29) is 48.0 Å². The zero-order valence-corrected chi connectivity index (χ0v) is 25.6. The van der Waals surface area contributed by atoms with Gasteiger partial charge in [0.15, 0.2) is 0 Å². The number of morpholine rings is 1. The first-order valence-electron chi connectivity index (χ1n) is 13.8. The number of hydrogen-bond donors (Lipinski definition) is 2. The van der Waals surface area contributed by atoms with E-state index in [0.717, 1.165) is 35.8 Å². The van der Waals surface area contributed by atoms with Gasteiger partial charge in [0.2, 0.25) is 15.9 Å². The third kappa shape index (κ3) is 7.42. The zero-order chi connectivity index (χ0) is 29.0. The van der Waals surface area contributed by atoms with Crippen molar-refractivity contribution in [2.24, 2.45) is 5.92 Å². The Kier molecular flexibility index (Phi) is 9.89. The van der Waals surface area contributed by atoms with Crippen LogP contribution in [0.3, 0.4) is 0 Å². The highest BCUT2D eigenvalue weighted by Gasteiger charge is 2.33. The summed E-state index contributed by atoms with van der Waals surface area (Å²) in [6.45, 7) is 0.516. The summed E-state index contributed by atoms with van der Waals surface area (Å²) in [4.78, 5) is 27.2. The smallest absolute Gasteiger partial charge is 0.262 e. The van der Waals surface area contributed by atoms with Gasteiger partial charge in [-0.2, -0.15) is 4.31 Å². The summed E-state index contributed by atoms with van der Waals surface area (Å²) in [5.41, 5.74) is 0. The van der Waals surface area contributed by atoms with Crippen LogP contribution in [0.5, 0.6) is 0 Å². The summed E-state index contributed by atoms with van der Waals surface area (Å²) in [7, 11) is -3.88. The molecule has 1 aliphatic carbocycles. The van der Waals surface area contributed by atoms with Gasteiger partial charge in [-0.25, -0.2) is 8.42 Å². The fourth-order valence-corrected chi connectivity index (χ4v) is 8.67. The quantitative estimate of drug-likeness (QED) is 0.323. The monoisotopic (exact) mass is 637 g/mol. The number of halogens is 2. The fourth-order valence-electron chi connectivity index (χ4n) is 5.51. The minimum atomic E-state index is -3.88. The van der Waals surface area contributed by atoms with Crippen molar-refractivity contribution in [3.63, 3.8) is 0 Å². The highest BCUT2D eigenvalue weighted by molar-refractivity contribution is 7.89. The zero-order valence-electron chi connectivity index (χ0n) is 22.5. The Morgan fingerprint density at radius 1 is 1.07 bits per heavy atom. The first-order valence-corrected chi connectivity index (χ1v) is 16.9. The van der Waals surface area contributed by atoms with Crippen LogP contribution in [-0.4, -0.2) is 62.9 Å². The van der Waals surface area contributed by atoms with Crippen molar-refractivity contribution < 1.29 is 22.7 Å². The molecule has 3 aromatic rings. The van der Waals surface area contributed by atoms with Gasteiger partial charge in [0, 0.05) is 29.4 Å². The molecule has 2 fully saturated rings. The van der Waals surface area contributed by atoms with Crippen molar-refractivity contribution in [2.45, 2.75) is 55.6 Å². The normalized spacial score (nSPS) is 19.6. The molecule has 0 spiro atoms. The molecule has 2 atom stereocenters. The molecule has 41 heavy (non-hydrogen) atoms. The lowest BCUT2D eigenvalue weighted by Gasteiger charge is -2.33. The van der Waals surface area contributed by atoms with Crippen molar-refractivity contribution in [3.05, 3.63) is 63.5 Å². The third-order valence-electron chi connectivity index (χ3n) is 7.68. The SMILES string of the molecule is O=C(N[C@@H](CC1CCCCC1)C(=O)NCC1CN(S(=O)(=O)c2ccc(Cl)cc2Cl)CCO1)c1cc2ccccc2s1. The van der Waals surface area contributed by atoms with Crippen LogP contribution in [0.1, 0.15) is 48.2 Å². The molecule has 12 heteroatoms. The van der Waals surface area contributed by atoms with Crippen LogP contribution >= 0.6 is 34.5 Å². The Morgan fingerprint density at radius 3 is 2.61 bits per heavy atom. The molecular weight excluding hydrogens is 605 g/mol. The third-order valence-corrected chi connectivity index (χ3v) is 11.4. The molecule has 2 N–H and O–H groups in total. The van der Waals surface area contributed by atoms with Gasteiger partial charge in [-0.1, -0.05) is 73.5 Å². The number of sulfonamides is 1. The van der Waals surface area contributed by atoms with Gasteiger partial charge in [-0.3, -0.25) is 9.59 Å². The molecule has 220 valence electrons. The van der Waals surface area contributed by atoms with Crippen LogP contribution in [0, 0.1) is 5.92 Å². The second-order valence-electron chi connectivity index (χ2n) is 10.6. The number of nitrogens with one attached hydrogen (secondary N) is 2. The van der Waals surface area contributed by atoms with E-state index in [0.29, 0.717) is 22.2 Å². The molecule has 5 rings (SSSR count). The lowest BCUT2D eigenvalue weighted by atomic mass is 9.84. The van der Waals surface area contributed by atoms with E-state index in [1.54, 1.807) is 0 Å². The lowest BCUT2D eigenvalue weighted by Crippen LogP contribution is -2.53. The predicted molar refractivity (Wildman–Crippen MR) is 162 cm³/mol. The number of ether oxygens (including phenoxy) is 1. The van der Waals surface area contributed by atoms with Gasteiger partial charge in [-0.15, -0.1) is 11.3 Å². The van der Waals surface area contributed by atoms with Gasteiger partial charge in [0.1, 0.15) is 10.9 Å². The number of hydrogen-bond acceptors (Lipinski definition) is 6. The molecular formula is C29H33Cl2N3O5S2. The first kappa shape index (κ1) is 30.3. The molecule has 1 aromatic heterocycles. The molecule has 2 amide bonds. The minimum Gasteiger partial charge on any atom is -0.374 e. The summed E-state index contributed by atoms with van der Waals surface area (Å²) in [6, 6.07) is 13.2. The number of thiophene rings is 1. The fraction of sp³-hybridized carbons (Fsp3) is 0.448. The molecule has 1 unspecified atom stereocenters. The molecule has 2 heterocycles. The maximum Gasteiger partial charge on any atom is 0.262 e. The molecule has 1 saturated heterocycles. The molecule has 1 aliphatic heterocycles. The van der Waals surface area contributed by atoms with Crippen molar-refractivity contribution in [3.8, 4) is 0 Å². The lowest BCUT2D eigenvalue weighted by molar-refractivity contribution is -0.124. The van der Waals surface area contributed by atoms with E-state index in [4.69, 9.17) is 27.9 Å². The van der Waals surface area contributed by atoms with Crippen LogP contribution in [-0.2, 0) is 19.6 Å². The highest BCUT2D eigenvalue weighted by atomic mass is 35.5. The highest BCUT2D eigenvalue weighted by Crippen LogP contribution is 2.30. The molecule has 0 radical (unpaired) electrons. The number of amides is 2. The topological polar surface area (TPSA) is 105 Å². The van der Waals surface area contributed by atoms with E-state index in [9.17, 15) is 18.0 Å². The summed E-state index contributed by atoms with van der Waals surface area (Å²) in [5, 5.41) is 7.28. The molecule has 0 bridgehead atoms. The molecule has 2 aromatic carbocycles. The number of benzene rings is 2. The van der Waals surface area contributed by atoms with Crippen LogP contribution < -0.4 is 10.6 Å². The Balaban J connectivity index is 1.24. The minimum absolute atomic E-state index is 0.0234. The predicted octanol–water partition coefficient (Wildman–Crippen LogP) is 5.48. The van der Waals surface area contributed by atoms with Crippen molar-refractivity contribution in [2.75, 3.05) is 26.2 Å². The number of carbonyl (C=O) groups is 2. The average Bonchev–Trinajstić information content (AvgIpc) is 3.41. The van der Waals surface area contributed by atoms with Gasteiger partial charge in [-0.05, 0) is 48.1 Å². The van der Waals surface area contributed by atoms with Crippen molar-refractivity contribution >= 4 is 66.5 Å². The van der Waals surface area contributed by atoms with Gasteiger partial charge in [0.25, 0.3) is 5.91 Å². The van der Waals surface area contributed by atoms with Gasteiger partial charge in [0.05, 0.1) is 22.6 Å². The van der Waals surface area contributed by atoms with E-state index < -0.39 is 22.2 Å². The second-order valence-corrected chi connectivity index (χ2v) is 14.4. The Hall–Kier alpha value is -2.21. The standard InChI is InChI=1S/C29H33Cl2N3O5S2/c30-21-10-11-27(23(31)16-21)41(37,38)34-12-13-39-22(18-34)17-32-28(35)24(14-19-6-2-1-3-7-19)33-29(36)26-15-20-8-4-5-9-25(20)40-26/h4-5,8-11,15-16,19,22,24H,1-3,6-7,12-14,17-18H2,(H,32,35)(H,33,36)/t22?,24-/m0/s1. The van der Waals surface area contributed by atoms with Crippen LogP contribution in [0.2, 0.25) is 10.0 Å². The Bertz CT molecular complexity index is 1470. The van der Waals surface area contributed by atoms with Crippen LogP contribution in [0.4, 0.5) is 0 Å². The van der Waals surface area contributed by atoms with Crippen LogP contribution in [0.15, 0.2) is 53.4 Å². The number of fused-ring (bicyclic) bond motifs is 1. The summed E-state index contributed by atoms with van der Waals surface area (Å²) in [5.74, 6) is -0.208. The van der Waals surface area contributed by atoms with E-state index in [2.05, 4.69) is 10.6 Å². The summed E-state index contributed by atoms with van der Waals surface area (Å²) >= 11 is 13.5. The Labute approximate surface area is 254 Å². The summed E-state index contributed by atoms with van der Waals surface area (Å²) in [6.07, 6.45) is 5.53. The van der Waals surface area contributed by atoms with Crippen molar-refractivity contribution in [1.82, 2.24) is 14.9 Å². The summed E-state index contributed by atoms with van der Waals surface area (Å²) < 4.78 is 34.6. The van der Waals surface area contributed by atoms with Gasteiger partial charge >= 0.3 is 0 Å². The molecule has 2 aliphatic rings. The van der Waals surface area contributed by atoms with E-state index in [1.165, 1.54) is 40.3 Å². The largest absolute Gasteiger partial charge is 0.374 e.